The molecule has 1 aliphatic heterocycles. The Balaban J connectivity index is 2.32. The second kappa shape index (κ2) is 6.50. The van der Waals surface area contributed by atoms with E-state index in [9.17, 15) is 0 Å². The summed E-state index contributed by atoms with van der Waals surface area (Å²) < 4.78 is -0.506. The normalized spacial score (nSPS) is 22.5. The van der Waals surface area contributed by atoms with E-state index in [1.54, 1.807) is 0 Å². The summed E-state index contributed by atoms with van der Waals surface area (Å²) in [6.45, 7) is 6.98. The zero-order valence-electron chi connectivity index (χ0n) is 8.24. The first kappa shape index (κ1) is 13.0. The van der Waals surface area contributed by atoms with E-state index in [0.29, 0.717) is 0 Å². The topological polar surface area (TPSA) is 27.3 Å². The van der Waals surface area contributed by atoms with Gasteiger partial charge in [-0.25, -0.2) is 0 Å². The highest BCUT2D eigenvalue weighted by molar-refractivity contribution is 8.17. The van der Waals surface area contributed by atoms with Gasteiger partial charge in [0, 0.05) is 45.8 Å². The average Bonchev–Trinajstić information content (AvgIpc) is 2.15. The third kappa shape index (κ3) is 6.42. The Morgan fingerprint density at radius 1 is 0.929 bits per heavy atom. The Morgan fingerprint density at radius 2 is 1.43 bits per heavy atom. The van der Waals surface area contributed by atoms with Crippen molar-refractivity contribution in [1.82, 2.24) is 15.5 Å². The molecule has 6 heteroatoms. The Hall–Kier alpha value is 0.930. The largest absolute Gasteiger partial charge is 0.314 e. The molecule has 0 atom stereocenters. The monoisotopic (exact) mass is 253 g/mol. The number of hydrogen-bond donors (Lipinski definition) is 5. The molecule has 3 nitrogen and oxygen atoms in total. The van der Waals surface area contributed by atoms with Crippen LogP contribution in [0.3, 0.4) is 0 Å². The third-order valence-corrected chi connectivity index (χ3v) is 2.55. The van der Waals surface area contributed by atoms with Crippen LogP contribution < -0.4 is 10.6 Å². The van der Waals surface area contributed by atoms with Crippen molar-refractivity contribution in [3.8, 4) is 0 Å². The molecule has 84 valence electrons. The van der Waals surface area contributed by atoms with Crippen LogP contribution in [0.1, 0.15) is 0 Å². The van der Waals surface area contributed by atoms with Crippen molar-refractivity contribution in [2.24, 2.45) is 0 Å². The SMILES string of the molecule is SC(S)(S)CN1CCNCCNCC1. The predicted octanol–water partition coefficient (Wildman–Crippen LogP) is -0.0756. The van der Waals surface area contributed by atoms with E-state index in [2.05, 4.69) is 53.4 Å². The van der Waals surface area contributed by atoms with Gasteiger partial charge in [-0.15, -0.1) is 0 Å². The van der Waals surface area contributed by atoms with Crippen LogP contribution in [0.2, 0.25) is 0 Å². The highest BCUT2D eigenvalue weighted by Crippen LogP contribution is 2.24. The van der Waals surface area contributed by atoms with Crippen molar-refractivity contribution in [2.75, 3.05) is 45.8 Å². The summed E-state index contributed by atoms with van der Waals surface area (Å²) in [5.74, 6) is 0. The lowest BCUT2D eigenvalue weighted by Crippen LogP contribution is -2.39. The second-order valence-corrected chi connectivity index (χ2v) is 6.90. The van der Waals surface area contributed by atoms with Gasteiger partial charge in [-0.2, -0.15) is 37.9 Å². The molecule has 0 aromatic rings. The van der Waals surface area contributed by atoms with Crippen LogP contribution in [0, 0.1) is 0 Å². The molecule has 1 rings (SSSR count). The molecule has 2 N–H and O–H groups in total. The van der Waals surface area contributed by atoms with E-state index in [0.717, 1.165) is 45.8 Å². The molecule has 1 aliphatic rings. The van der Waals surface area contributed by atoms with Crippen LogP contribution in [-0.4, -0.2) is 54.1 Å². The van der Waals surface area contributed by atoms with E-state index in [1.165, 1.54) is 0 Å². The smallest absolute Gasteiger partial charge is 0.111 e. The average molecular weight is 253 g/mol. The van der Waals surface area contributed by atoms with Gasteiger partial charge < -0.3 is 10.6 Å². The molecular weight excluding hydrogens is 234 g/mol. The van der Waals surface area contributed by atoms with Crippen molar-refractivity contribution in [1.29, 1.82) is 0 Å². The Kier molecular flexibility index (Phi) is 6.03. The molecule has 1 saturated heterocycles. The highest BCUT2D eigenvalue weighted by Gasteiger charge is 2.18. The molecule has 1 fully saturated rings. The minimum atomic E-state index is -0.506. The zero-order valence-corrected chi connectivity index (χ0v) is 10.9. The quantitative estimate of drug-likeness (QED) is 0.352. The molecule has 0 spiro atoms. The summed E-state index contributed by atoms with van der Waals surface area (Å²) in [7, 11) is 0. The maximum Gasteiger partial charge on any atom is 0.111 e. The Labute approximate surface area is 103 Å². The van der Waals surface area contributed by atoms with Gasteiger partial charge >= 0.3 is 0 Å². The van der Waals surface area contributed by atoms with Crippen molar-refractivity contribution in [3.05, 3.63) is 0 Å². The van der Waals surface area contributed by atoms with E-state index < -0.39 is 3.41 Å². The van der Waals surface area contributed by atoms with Crippen molar-refractivity contribution >= 4 is 37.9 Å². The van der Waals surface area contributed by atoms with Gasteiger partial charge in [0.25, 0.3) is 0 Å². The maximum absolute atomic E-state index is 4.30. The van der Waals surface area contributed by atoms with E-state index in [4.69, 9.17) is 0 Å². The Bertz CT molecular complexity index is 150. The summed E-state index contributed by atoms with van der Waals surface area (Å²) in [5, 5.41) is 6.73. The standard InChI is InChI=1S/C8H19N3S3/c12-8(13,14)7-11-5-3-9-1-2-10-4-6-11/h9-10,12-14H,1-7H2. The summed E-state index contributed by atoms with van der Waals surface area (Å²) in [6, 6.07) is 0. The van der Waals surface area contributed by atoms with Crippen molar-refractivity contribution in [2.45, 2.75) is 3.41 Å². The number of hydrogen-bond acceptors (Lipinski definition) is 6. The summed E-state index contributed by atoms with van der Waals surface area (Å²) >= 11 is 12.9. The maximum atomic E-state index is 4.30. The van der Waals surface area contributed by atoms with Gasteiger partial charge in [-0.1, -0.05) is 0 Å². The lowest BCUT2D eigenvalue weighted by Gasteiger charge is -2.27. The fourth-order valence-electron chi connectivity index (χ4n) is 1.47. The van der Waals surface area contributed by atoms with Gasteiger partial charge in [-0.05, 0) is 0 Å². The fourth-order valence-corrected chi connectivity index (χ4v) is 2.07. The molecule has 14 heavy (non-hydrogen) atoms. The highest BCUT2D eigenvalue weighted by atomic mass is 32.2. The molecule has 0 aromatic carbocycles. The van der Waals surface area contributed by atoms with Crippen LogP contribution in [0.4, 0.5) is 0 Å². The molecule has 0 aromatic heterocycles. The minimum Gasteiger partial charge on any atom is -0.314 e. The van der Waals surface area contributed by atoms with Crippen molar-refractivity contribution < 1.29 is 0 Å². The van der Waals surface area contributed by atoms with Crippen LogP contribution >= 0.6 is 37.9 Å². The number of thiol groups is 3. The molecule has 1 heterocycles. The molecule has 0 amide bonds. The molecule has 0 radical (unpaired) electrons. The number of nitrogens with zero attached hydrogens (tertiary/aromatic N) is 1. The number of rotatable bonds is 2. The van der Waals surface area contributed by atoms with E-state index in [1.807, 2.05) is 0 Å². The molecular formula is C8H19N3S3. The second-order valence-electron chi connectivity index (χ2n) is 3.55. The van der Waals surface area contributed by atoms with Gasteiger partial charge in [0.1, 0.15) is 3.41 Å². The van der Waals surface area contributed by atoms with Crippen LogP contribution in [-0.2, 0) is 0 Å². The van der Waals surface area contributed by atoms with Gasteiger partial charge in [0.05, 0.1) is 0 Å². The van der Waals surface area contributed by atoms with E-state index >= 15 is 0 Å². The third-order valence-electron chi connectivity index (χ3n) is 2.12. The van der Waals surface area contributed by atoms with Crippen LogP contribution in [0.15, 0.2) is 0 Å². The fraction of sp³-hybridized carbons (Fsp3) is 1.00. The summed E-state index contributed by atoms with van der Waals surface area (Å²) in [5.41, 5.74) is 0. The first-order valence-corrected chi connectivity index (χ1v) is 6.23. The minimum absolute atomic E-state index is 0.506. The van der Waals surface area contributed by atoms with Gasteiger partial charge in [0.15, 0.2) is 0 Å². The lowest BCUT2D eigenvalue weighted by molar-refractivity contribution is 0.290. The Morgan fingerprint density at radius 3 is 1.86 bits per heavy atom. The summed E-state index contributed by atoms with van der Waals surface area (Å²) in [4.78, 5) is 2.32. The first-order valence-electron chi connectivity index (χ1n) is 4.89. The van der Waals surface area contributed by atoms with Crippen LogP contribution in [0.5, 0.6) is 0 Å². The molecule has 0 unspecified atom stereocenters. The molecule has 0 aliphatic carbocycles. The lowest BCUT2D eigenvalue weighted by atomic mass is 10.4. The molecule has 0 saturated carbocycles. The predicted molar refractivity (Wildman–Crippen MR) is 71.9 cm³/mol. The summed E-state index contributed by atoms with van der Waals surface area (Å²) in [6.07, 6.45) is 0. The van der Waals surface area contributed by atoms with Gasteiger partial charge in [-0.3, -0.25) is 4.90 Å². The van der Waals surface area contributed by atoms with Crippen LogP contribution in [0.25, 0.3) is 0 Å². The molecule has 0 bridgehead atoms. The van der Waals surface area contributed by atoms with E-state index in [-0.39, 0.29) is 0 Å². The van der Waals surface area contributed by atoms with Crippen molar-refractivity contribution in [3.63, 3.8) is 0 Å². The first-order chi connectivity index (χ1) is 6.58. The van der Waals surface area contributed by atoms with Gasteiger partial charge in [0.2, 0.25) is 0 Å². The number of nitrogens with one attached hydrogen (secondary N) is 2. The zero-order chi connectivity index (χ0) is 10.4.